The van der Waals surface area contributed by atoms with Crippen LogP contribution < -0.4 is 10.2 Å². The third-order valence-electron chi connectivity index (χ3n) is 4.44. The Morgan fingerprint density at radius 2 is 1.62 bits per heavy atom. The fraction of sp³-hybridized carbons (Fsp3) is 0.368. The van der Waals surface area contributed by atoms with Crippen molar-refractivity contribution >= 4 is 21.2 Å². The molecule has 4 nitrogen and oxygen atoms in total. The molecule has 0 aliphatic carbocycles. The molecule has 1 aliphatic heterocycles. The van der Waals surface area contributed by atoms with Crippen molar-refractivity contribution in [1.29, 1.82) is 0 Å². The number of anilines is 2. The highest BCUT2D eigenvalue weighted by molar-refractivity contribution is 7.90. The van der Waals surface area contributed by atoms with Gasteiger partial charge in [0.25, 0.3) is 0 Å². The Hall–Kier alpha value is -2.01. The van der Waals surface area contributed by atoms with Crippen molar-refractivity contribution in [3.05, 3.63) is 54.1 Å². The minimum absolute atomic E-state index is 0.348. The largest absolute Gasteiger partial charge is 0.380 e. The first-order valence-electron chi connectivity index (χ1n) is 8.41. The normalized spacial score (nSPS) is 15.3. The van der Waals surface area contributed by atoms with E-state index in [0.29, 0.717) is 17.1 Å². The van der Waals surface area contributed by atoms with Crippen molar-refractivity contribution in [2.45, 2.75) is 30.7 Å². The third kappa shape index (κ3) is 3.90. The van der Waals surface area contributed by atoms with E-state index in [1.807, 2.05) is 18.2 Å². The molecule has 3 rings (SSSR count). The summed E-state index contributed by atoms with van der Waals surface area (Å²) in [4.78, 5) is 2.78. The summed E-state index contributed by atoms with van der Waals surface area (Å²) >= 11 is 0. The van der Waals surface area contributed by atoms with Gasteiger partial charge in [-0.15, -0.1) is 0 Å². The minimum Gasteiger partial charge on any atom is -0.380 e. The average molecular weight is 344 g/mol. The number of para-hydroxylation sites is 2. The van der Waals surface area contributed by atoms with Gasteiger partial charge in [0, 0.05) is 31.6 Å². The Kier molecular flexibility index (Phi) is 5.09. The lowest BCUT2D eigenvalue weighted by Gasteiger charge is -2.30. The van der Waals surface area contributed by atoms with E-state index in [4.69, 9.17) is 0 Å². The quantitative estimate of drug-likeness (QED) is 0.899. The van der Waals surface area contributed by atoms with E-state index >= 15 is 0 Å². The van der Waals surface area contributed by atoms with Crippen LogP contribution in [-0.4, -0.2) is 27.8 Å². The molecule has 1 heterocycles. The molecule has 0 radical (unpaired) electrons. The number of nitrogens with one attached hydrogen (secondary N) is 1. The van der Waals surface area contributed by atoms with Gasteiger partial charge in [0.2, 0.25) is 0 Å². The highest BCUT2D eigenvalue weighted by atomic mass is 32.2. The van der Waals surface area contributed by atoms with Gasteiger partial charge in [-0.3, -0.25) is 0 Å². The zero-order valence-corrected chi connectivity index (χ0v) is 14.8. The molecular weight excluding hydrogens is 320 g/mol. The van der Waals surface area contributed by atoms with Gasteiger partial charge in [0.1, 0.15) is 0 Å². The van der Waals surface area contributed by atoms with Crippen molar-refractivity contribution in [2.75, 3.05) is 29.6 Å². The fourth-order valence-electron chi connectivity index (χ4n) is 3.23. The van der Waals surface area contributed by atoms with E-state index in [0.717, 1.165) is 13.1 Å². The number of hydrogen-bond donors (Lipinski definition) is 1. The zero-order chi connectivity index (χ0) is 17.0. The molecular formula is C19H24N2O2S. The molecule has 0 amide bonds. The highest BCUT2D eigenvalue weighted by Gasteiger charge is 2.15. The number of nitrogens with zero attached hydrogens (tertiary/aromatic N) is 1. The molecule has 128 valence electrons. The Balaban J connectivity index is 1.81. The van der Waals surface area contributed by atoms with Crippen LogP contribution in [0.2, 0.25) is 0 Å². The number of benzene rings is 2. The Labute approximate surface area is 144 Å². The standard InChI is InChI=1S/C19H24N2O2S/c1-24(22,23)19-12-6-4-10-17(19)20-15-16-9-3-5-11-18(16)21-13-7-2-8-14-21/h3-6,9-12,20H,2,7-8,13-15H2,1H3. The van der Waals surface area contributed by atoms with E-state index in [-0.39, 0.29) is 0 Å². The maximum Gasteiger partial charge on any atom is 0.177 e. The van der Waals surface area contributed by atoms with Crippen LogP contribution in [0.5, 0.6) is 0 Å². The summed E-state index contributed by atoms with van der Waals surface area (Å²) in [6.45, 7) is 2.80. The van der Waals surface area contributed by atoms with Gasteiger partial charge in [-0.05, 0) is 43.0 Å². The molecule has 0 unspecified atom stereocenters. The molecule has 5 heteroatoms. The first kappa shape index (κ1) is 16.8. The summed E-state index contributed by atoms with van der Waals surface area (Å²) in [5.41, 5.74) is 3.11. The van der Waals surface area contributed by atoms with Crippen LogP contribution in [0.15, 0.2) is 53.4 Å². The summed E-state index contributed by atoms with van der Waals surface area (Å²) in [6, 6.07) is 15.4. The monoisotopic (exact) mass is 344 g/mol. The Morgan fingerprint density at radius 3 is 2.38 bits per heavy atom. The first-order valence-corrected chi connectivity index (χ1v) is 10.3. The summed E-state index contributed by atoms with van der Waals surface area (Å²) < 4.78 is 23.9. The molecule has 1 N–H and O–H groups in total. The molecule has 1 saturated heterocycles. The van der Waals surface area contributed by atoms with Crippen LogP contribution >= 0.6 is 0 Å². The van der Waals surface area contributed by atoms with E-state index in [2.05, 4.69) is 28.4 Å². The van der Waals surface area contributed by atoms with Gasteiger partial charge >= 0.3 is 0 Å². The van der Waals surface area contributed by atoms with Crippen molar-refractivity contribution < 1.29 is 8.42 Å². The maximum atomic E-state index is 11.9. The Morgan fingerprint density at radius 1 is 0.958 bits per heavy atom. The summed E-state index contributed by atoms with van der Waals surface area (Å²) in [7, 11) is -3.24. The lowest BCUT2D eigenvalue weighted by molar-refractivity contribution is 0.576. The van der Waals surface area contributed by atoms with E-state index in [1.165, 1.54) is 36.8 Å². The van der Waals surface area contributed by atoms with E-state index < -0.39 is 9.84 Å². The van der Waals surface area contributed by atoms with Crippen molar-refractivity contribution in [3.63, 3.8) is 0 Å². The van der Waals surface area contributed by atoms with Crippen molar-refractivity contribution in [3.8, 4) is 0 Å². The van der Waals surface area contributed by atoms with E-state index in [9.17, 15) is 8.42 Å². The molecule has 1 fully saturated rings. The minimum atomic E-state index is -3.24. The van der Waals surface area contributed by atoms with Gasteiger partial charge in [0.15, 0.2) is 9.84 Å². The average Bonchev–Trinajstić information content (AvgIpc) is 2.60. The second kappa shape index (κ2) is 7.26. The van der Waals surface area contributed by atoms with Gasteiger partial charge in [-0.25, -0.2) is 8.42 Å². The lowest BCUT2D eigenvalue weighted by atomic mass is 10.1. The van der Waals surface area contributed by atoms with Crippen LogP contribution in [0.4, 0.5) is 11.4 Å². The first-order chi connectivity index (χ1) is 11.6. The molecule has 2 aromatic rings. The summed E-state index contributed by atoms with van der Waals surface area (Å²) in [5.74, 6) is 0. The molecule has 1 aliphatic rings. The highest BCUT2D eigenvalue weighted by Crippen LogP contribution is 2.26. The summed E-state index contributed by atoms with van der Waals surface area (Å²) in [5, 5.41) is 3.31. The van der Waals surface area contributed by atoms with Gasteiger partial charge in [0.05, 0.1) is 10.6 Å². The van der Waals surface area contributed by atoms with Crippen LogP contribution in [0.3, 0.4) is 0 Å². The van der Waals surface area contributed by atoms with Gasteiger partial charge < -0.3 is 10.2 Å². The Bertz CT molecular complexity index is 797. The predicted octanol–water partition coefficient (Wildman–Crippen LogP) is 3.69. The lowest BCUT2D eigenvalue weighted by Crippen LogP contribution is -2.30. The molecule has 0 bridgehead atoms. The fourth-order valence-corrected chi connectivity index (χ4v) is 4.10. The van der Waals surface area contributed by atoms with Crippen LogP contribution in [0.1, 0.15) is 24.8 Å². The predicted molar refractivity (Wildman–Crippen MR) is 99.4 cm³/mol. The molecule has 0 saturated carbocycles. The molecule has 0 aromatic heterocycles. The SMILES string of the molecule is CS(=O)(=O)c1ccccc1NCc1ccccc1N1CCCCC1. The number of rotatable bonds is 5. The topological polar surface area (TPSA) is 49.4 Å². The van der Waals surface area contributed by atoms with Crippen LogP contribution in [0, 0.1) is 0 Å². The third-order valence-corrected chi connectivity index (χ3v) is 5.60. The molecule has 24 heavy (non-hydrogen) atoms. The van der Waals surface area contributed by atoms with Gasteiger partial charge in [-0.2, -0.15) is 0 Å². The zero-order valence-electron chi connectivity index (χ0n) is 14.0. The summed E-state index contributed by atoms with van der Waals surface area (Å²) in [6.07, 6.45) is 5.02. The molecule has 2 aromatic carbocycles. The smallest absolute Gasteiger partial charge is 0.177 e. The number of sulfone groups is 1. The van der Waals surface area contributed by atoms with Crippen molar-refractivity contribution in [1.82, 2.24) is 0 Å². The van der Waals surface area contributed by atoms with Crippen LogP contribution in [-0.2, 0) is 16.4 Å². The maximum absolute atomic E-state index is 11.9. The number of piperidine rings is 1. The second-order valence-electron chi connectivity index (χ2n) is 6.30. The van der Waals surface area contributed by atoms with Gasteiger partial charge in [-0.1, -0.05) is 30.3 Å². The number of hydrogen-bond acceptors (Lipinski definition) is 4. The second-order valence-corrected chi connectivity index (χ2v) is 8.28. The van der Waals surface area contributed by atoms with Crippen molar-refractivity contribution in [2.24, 2.45) is 0 Å². The molecule has 0 spiro atoms. The van der Waals surface area contributed by atoms with Crippen LogP contribution in [0.25, 0.3) is 0 Å². The van der Waals surface area contributed by atoms with E-state index in [1.54, 1.807) is 12.1 Å². The molecule has 0 atom stereocenters.